The molecule has 1 N–H and O–H groups in total. The molecule has 0 aliphatic heterocycles. The molecule has 1 heterocycles. The average molecular weight is 493 g/mol. The lowest BCUT2D eigenvalue weighted by Crippen LogP contribution is -2.47. The van der Waals surface area contributed by atoms with E-state index >= 15 is 0 Å². The number of hydrogen-bond acceptors (Lipinski definition) is 6. The monoisotopic (exact) mass is 492 g/mol. The van der Waals surface area contributed by atoms with Gasteiger partial charge in [-0.3, -0.25) is 9.10 Å². The summed E-state index contributed by atoms with van der Waals surface area (Å²) in [5, 5.41) is 6.45. The van der Waals surface area contributed by atoms with E-state index in [-0.39, 0.29) is 23.5 Å². The Balaban J connectivity index is 1.71. The second-order valence-corrected chi connectivity index (χ2v) is 10.7. The minimum Gasteiger partial charge on any atom is -0.345 e. The van der Waals surface area contributed by atoms with Crippen LogP contribution in [0, 0.1) is 11.6 Å². The van der Waals surface area contributed by atoms with Gasteiger partial charge in [0.25, 0.3) is 0 Å². The van der Waals surface area contributed by atoms with Crippen molar-refractivity contribution in [3.63, 3.8) is 0 Å². The number of nitrogens with zero attached hydrogens (tertiary/aromatic N) is 3. The maximum Gasteiger partial charge on any atom is 0.246 e. The molecule has 3 aromatic rings. The van der Waals surface area contributed by atoms with Gasteiger partial charge in [-0.25, -0.2) is 17.2 Å². The fourth-order valence-corrected chi connectivity index (χ4v) is 4.47. The molecule has 0 aliphatic carbocycles. The molecular weight excluding hydrogens is 466 g/mol. The van der Waals surface area contributed by atoms with Crippen LogP contribution in [-0.2, 0) is 26.8 Å². The van der Waals surface area contributed by atoms with Crippen LogP contribution in [-0.4, -0.2) is 36.8 Å². The first-order chi connectivity index (χ1) is 15.8. The van der Waals surface area contributed by atoms with Crippen LogP contribution >= 0.6 is 0 Å². The van der Waals surface area contributed by atoms with Gasteiger partial charge in [-0.05, 0) is 30.0 Å². The fraction of sp³-hybridized carbons (Fsp3) is 0.348. The van der Waals surface area contributed by atoms with Crippen LogP contribution in [0.2, 0.25) is 0 Å². The number of carbonyl (C=O) groups excluding carboxylic acids is 1. The number of rotatable bonds is 7. The number of amides is 1. The smallest absolute Gasteiger partial charge is 0.246 e. The third-order valence-electron chi connectivity index (χ3n) is 5.14. The van der Waals surface area contributed by atoms with E-state index in [4.69, 9.17) is 4.52 Å². The molecule has 34 heavy (non-hydrogen) atoms. The summed E-state index contributed by atoms with van der Waals surface area (Å²) in [5.74, 6) is -2.59. The number of benzene rings is 2. The number of aromatic nitrogens is 2. The number of anilines is 1. The summed E-state index contributed by atoms with van der Waals surface area (Å²) in [7, 11) is -3.99. The number of hydrogen-bond donors (Lipinski definition) is 1. The molecule has 0 bridgehead atoms. The highest BCUT2D eigenvalue weighted by atomic mass is 32.2. The van der Waals surface area contributed by atoms with Gasteiger partial charge in [0.2, 0.25) is 27.6 Å². The van der Waals surface area contributed by atoms with Gasteiger partial charge < -0.3 is 9.84 Å². The molecule has 1 atom stereocenters. The van der Waals surface area contributed by atoms with Crippen molar-refractivity contribution in [1.29, 1.82) is 0 Å². The van der Waals surface area contributed by atoms with E-state index in [9.17, 15) is 22.0 Å². The summed E-state index contributed by atoms with van der Waals surface area (Å²) in [6.07, 6.45) is 0.868. The highest BCUT2D eigenvalue weighted by molar-refractivity contribution is 7.92. The summed E-state index contributed by atoms with van der Waals surface area (Å²) in [6.45, 7) is 7.50. The molecule has 0 fully saturated rings. The van der Waals surface area contributed by atoms with Gasteiger partial charge in [-0.1, -0.05) is 50.2 Å². The molecule has 0 saturated carbocycles. The first-order valence-electron chi connectivity index (χ1n) is 10.4. The number of sulfonamides is 1. The van der Waals surface area contributed by atoms with E-state index in [0.29, 0.717) is 10.1 Å². The maximum atomic E-state index is 13.7. The summed E-state index contributed by atoms with van der Waals surface area (Å²) in [5.41, 5.74) is 1.71. The summed E-state index contributed by atoms with van der Waals surface area (Å²) < 4.78 is 57.4. The molecule has 0 aliphatic rings. The van der Waals surface area contributed by atoms with Crippen LogP contribution in [0.4, 0.5) is 14.5 Å². The molecule has 182 valence electrons. The Morgan fingerprint density at radius 2 is 1.76 bits per heavy atom. The first kappa shape index (κ1) is 25.3. The van der Waals surface area contributed by atoms with Crippen LogP contribution in [0.15, 0.2) is 47.0 Å². The Labute approximate surface area is 197 Å². The van der Waals surface area contributed by atoms with Crippen molar-refractivity contribution in [2.24, 2.45) is 0 Å². The molecule has 8 nitrogen and oxygen atoms in total. The lowest BCUT2D eigenvalue weighted by Gasteiger charge is -2.28. The van der Waals surface area contributed by atoms with Gasteiger partial charge in [-0.2, -0.15) is 4.98 Å². The highest BCUT2D eigenvalue weighted by Gasteiger charge is 2.30. The van der Waals surface area contributed by atoms with Crippen LogP contribution in [0.5, 0.6) is 0 Å². The third-order valence-corrected chi connectivity index (χ3v) is 6.38. The predicted molar refractivity (Wildman–Crippen MR) is 123 cm³/mol. The van der Waals surface area contributed by atoms with Crippen LogP contribution < -0.4 is 9.62 Å². The van der Waals surface area contributed by atoms with Gasteiger partial charge in [0.05, 0.1) is 18.5 Å². The van der Waals surface area contributed by atoms with Gasteiger partial charge in [0.15, 0.2) is 11.6 Å². The molecule has 3 rings (SSSR count). The van der Waals surface area contributed by atoms with Gasteiger partial charge in [0, 0.05) is 11.6 Å². The largest absolute Gasteiger partial charge is 0.345 e. The molecule has 0 spiro atoms. The Kier molecular flexibility index (Phi) is 7.06. The second-order valence-electron chi connectivity index (χ2n) is 8.89. The quantitative estimate of drug-likeness (QED) is 0.538. The summed E-state index contributed by atoms with van der Waals surface area (Å²) >= 11 is 0. The Morgan fingerprint density at radius 1 is 1.12 bits per heavy atom. The van der Waals surface area contributed by atoms with E-state index < -0.39 is 33.6 Å². The normalized spacial score (nSPS) is 12.9. The van der Waals surface area contributed by atoms with Crippen molar-refractivity contribution < 1.29 is 26.5 Å². The van der Waals surface area contributed by atoms with Gasteiger partial charge in [0.1, 0.15) is 6.04 Å². The molecule has 2 aromatic carbocycles. The summed E-state index contributed by atoms with van der Waals surface area (Å²) in [4.78, 5) is 16.9. The van der Waals surface area contributed by atoms with E-state index in [1.165, 1.54) is 6.92 Å². The molecule has 1 unspecified atom stereocenters. The minimum absolute atomic E-state index is 0.00144. The molecule has 0 radical (unpaired) electrons. The molecule has 1 amide bonds. The van der Waals surface area contributed by atoms with Crippen molar-refractivity contribution in [1.82, 2.24) is 15.5 Å². The first-order valence-corrected chi connectivity index (χ1v) is 12.3. The van der Waals surface area contributed by atoms with Gasteiger partial charge >= 0.3 is 0 Å². The van der Waals surface area contributed by atoms with Crippen LogP contribution in [0.1, 0.15) is 39.1 Å². The lowest BCUT2D eigenvalue weighted by atomic mass is 9.87. The number of nitrogens with one attached hydrogen (secondary N) is 1. The standard InChI is InChI=1S/C23H26F2N4O4S/c1-14(29(34(5,31)32)17-10-11-18(24)19(25)12-17)22(30)26-13-20-27-21(28-33-20)15-6-8-16(9-7-15)23(2,3)4/h6-12,14H,13H2,1-5H3,(H,26,30). The zero-order valence-corrected chi connectivity index (χ0v) is 20.3. The van der Waals surface area contributed by atoms with E-state index in [2.05, 4.69) is 36.2 Å². The Hall–Kier alpha value is -3.34. The SMILES string of the molecule is CC(C(=O)NCc1nc(-c2ccc(C(C)(C)C)cc2)no1)N(c1ccc(F)c(F)c1)S(C)(=O)=O. The highest BCUT2D eigenvalue weighted by Crippen LogP contribution is 2.25. The van der Waals surface area contributed by atoms with Gasteiger partial charge in [-0.15, -0.1) is 0 Å². The maximum absolute atomic E-state index is 13.7. The van der Waals surface area contributed by atoms with Crippen molar-refractivity contribution in [2.45, 2.75) is 45.7 Å². The predicted octanol–water partition coefficient (Wildman–Crippen LogP) is 3.78. The van der Waals surface area contributed by atoms with Crippen molar-refractivity contribution in [3.8, 4) is 11.4 Å². The Morgan fingerprint density at radius 3 is 2.32 bits per heavy atom. The zero-order valence-electron chi connectivity index (χ0n) is 19.5. The molecular formula is C23H26F2N4O4S. The van der Waals surface area contributed by atoms with Crippen LogP contribution in [0.3, 0.4) is 0 Å². The summed E-state index contributed by atoms with van der Waals surface area (Å²) in [6, 6.07) is 9.05. The number of carbonyl (C=O) groups is 1. The average Bonchev–Trinajstić information content (AvgIpc) is 3.22. The number of halogens is 2. The zero-order chi connectivity index (χ0) is 25.3. The second kappa shape index (κ2) is 9.49. The van der Waals surface area contributed by atoms with Crippen molar-refractivity contribution in [3.05, 3.63) is 65.6 Å². The fourth-order valence-electron chi connectivity index (χ4n) is 3.30. The lowest BCUT2D eigenvalue weighted by molar-refractivity contribution is -0.122. The molecule has 0 saturated heterocycles. The molecule has 11 heteroatoms. The third kappa shape index (κ3) is 5.77. The van der Waals surface area contributed by atoms with Crippen molar-refractivity contribution in [2.75, 3.05) is 10.6 Å². The minimum atomic E-state index is -3.99. The Bertz CT molecular complexity index is 1290. The van der Waals surface area contributed by atoms with E-state index in [1.807, 2.05) is 24.3 Å². The topological polar surface area (TPSA) is 105 Å². The van der Waals surface area contributed by atoms with E-state index in [1.54, 1.807) is 0 Å². The van der Waals surface area contributed by atoms with E-state index in [0.717, 1.165) is 35.6 Å². The van der Waals surface area contributed by atoms with Crippen molar-refractivity contribution >= 4 is 21.6 Å². The molecule has 1 aromatic heterocycles. The van der Waals surface area contributed by atoms with Crippen LogP contribution in [0.25, 0.3) is 11.4 Å².